The molecule has 0 atom stereocenters. The Morgan fingerprint density at radius 2 is 2.22 bits per heavy atom. The SMILES string of the molecule is CCOC(=O)n1c(CC#N)cc2ccc(C)cc21. The van der Waals surface area contributed by atoms with Gasteiger partial charge in [-0.05, 0) is 31.5 Å². The van der Waals surface area contributed by atoms with Crippen molar-refractivity contribution in [3.8, 4) is 6.07 Å². The molecule has 0 unspecified atom stereocenters. The highest BCUT2D eigenvalue weighted by molar-refractivity contribution is 5.91. The average molecular weight is 242 g/mol. The molecule has 0 spiro atoms. The van der Waals surface area contributed by atoms with Crippen molar-refractivity contribution in [1.29, 1.82) is 5.26 Å². The molecule has 0 aliphatic carbocycles. The molecule has 0 saturated carbocycles. The molecule has 2 rings (SSSR count). The van der Waals surface area contributed by atoms with E-state index in [1.807, 2.05) is 31.2 Å². The number of benzene rings is 1. The normalized spacial score (nSPS) is 10.3. The van der Waals surface area contributed by atoms with E-state index >= 15 is 0 Å². The highest BCUT2D eigenvalue weighted by atomic mass is 16.5. The highest BCUT2D eigenvalue weighted by Crippen LogP contribution is 2.22. The Bertz CT molecular complexity index is 635. The lowest BCUT2D eigenvalue weighted by atomic mass is 10.2. The largest absolute Gasteiger partial charge is 0.449 e. The van der Waals surface area contributed by atoms with Crippen molar-refractivity contribution >= 4 is 17.0 Å². The topological polar surface area (TPSA) is 55.0 Å². The third-order valence-electron chi connectivity index (χ3n) is 2.75. The number of hydrogen-bond donors (Lipinski definition) is 0. The summed E-state index contributed by atoms with van der Waals surface area (Å²) < 4.78 is 6.52. The van der Waals surface area contributed by atoms with Crippen LogP contribution < -0.4 is 0 Å². The van der Waals surface area contributed by atoms with Gasteiger partial charge >= 0.3 is 6.09 Å². The summed E-state index contributed by atoms with van der Waals surface area (Å²) in [5.41, 5.74) is 2.52. The van der Waals surface area contributed by atoms with Gasteiger partial charge in [0.2, 0.25) is 0 Å². The lowest BCUT2D eigenvalue weighted by Gasteiger charge is -2.07. The number of carbonyl (C=O) groups is 1. The minimum atomic E-state index is -0.427. The number of ether oxygens (including phenoxy) is 1. The number of nitriles is 1. The van der Waals surface area contributed by atoms with Crippen molar-refractivity contribution in [3.05, 3.63) is 35.5 Å². The van der Waals surface area contributed by atoms with E-state index in [2.05, 4.69) is 6.07 Å². The summed E-state index contributed by atoms with van der Waals surface area (Å²) in [4.78, 5) is 12.0. The fourth-order valence-electron chi connectivity index (χ4n) is 1.98. The minimum Gasteiger partial charge on any atom is -0.449 e. The van der Waals surface area contributed by atoms with Crippen molar-refractivity contribution in [2.45, 2.75) is 20.3 Å². The quantitative estimate of drug-likeness (QED) is 0.813. The second-order valence-electron chi connectivity index (χ2n) is 4.07. The number of fused-ring (bicyclic) bond motifs is 1. The third kappa shape index (κ3) is 2.07. The molecule has 0 saturated heterocycles. The Kier molecular flexibility index (Phi) is 3.33. The van der Waals surface area contributed by atoms with E-state index in [1.54, 1.807) is 6.92 Å². The predicted molar refractivity (Wildman–Crippen MR) is 68.4 cm³/mol. The molecule has 0 aliphatic rings. The fourth-order valence-corrected chi connectivity index (χ4v) is 1.98. The van der Waals surface area contributed by atoms with Gasteiger partial charge in [-0.25, -0.2) is 9.36 Å². The van der Waals surface area contributed by atoms with Crippen LogP contribution in [0.5, 0.6) is 0 Å². The van der Waals surface area contributed by atoms with Crippen molar-refractivity contribution < 1.29 is 9.53 Å². The number of carbonyl (C=O) groups excluding carboxylic acids is 1. The van der Waals surface area contributed by atoms with Crippen molar-refractivity contribution in [2.24, 2.45) is 0 Å². The number of hydrogen-bond acceptors (Lipinski definition) is 3. The van der Waals surface area contributed by atoms with Crippen LogP contribution >= 0.6 is 0 Å². The summed E-state index contributed by atoms with van der Waals surface area (Å²) in [5, 5.41) is 9.76. The van der Waals surface area contributed by atoms with Crippen LogP contribution in [-0.4, -0.2) is 17.3 Å². The zero-order chi connectivity index (χ0) is 13.1. The van der Waals surface area contributed by atoms with Gasteiger partial charge in [0.05, 0.1) is 24.6 Å². The third-order valence-corrected chi connectivity index (χ3v) is 2.75. The monoisotopic (exact) mass is 242 g/mol. The molecule has 4 heteroatoms. The van der Waals surface area contributed by atoms with Gasteiger partial charge < -0.3 is 4.74 Å². The average Bonchev–Trinajstić information content (AvgIpc) is 2.67. The first-order valence-corrected chi connectivity index (χ1v) is 5.82. The van der Waals surface area contributed by atoms with Gasteiger partial charge in [0, 0.05) is 11.1 Å². The van der Waals surface area contributed by atoms with Gasteiger partial charge in [0.25, 0.3) is 0 Å². The number of aromatic nitrogens is 1. The highest BCUT2D eigenvalue weighted by Gasteiger charge is 2.15. The summed E-state index contributed by atoms with van der Waals surface area (Å²) in [5.74, 6) is 0. The fraction of sp³-hybridized carbons (Fsp3) is 0.286. The first-order valence-electron chi connectivity index (χ1n) is 5.82. The van der Waals surface area contributed by atoms with Crippen LogP contribution in [-0.2, 0) is 11.2 Å². The summed E-state index contributed by atoms with van der Waals surface area (Å²) >= 11 is 0. The molecule has 1 heterocycles. The first kappa shape index (κ1) is 12.2. The van der Waals surface area contributed by atoms with Crippen LogP contribution in [0, 0.1) is 18.3 Å². The van der Waals surface area contributed by atoms with Crippen LogP contribution in [0.4, 0.5) is 4.79 Å². The zero-order valence-electron chi connectivity index (χ0n) is 10.4. The molecule has 0 radical (unpaired) electrons. The molecule has 92 valence electrons. The predicted octanol–water partition coefficient (Wildman–Crippen LogP) is 3.02. The van der Waals surface area contributed by atoms with Crippen molar-refractivity contribution in [1.82, 2.24) is 4.57 Å². The summed E-state index contributed by atoms with van der Waals surface area (Å²) in [6, 6.07) is 9.77. The second kappa shape index (κ2) is 4.92. The van der Waals surface area contributed by atoms with Crippen LogP contribution in [0.3, 0.4) is 0 Å². The zero-order valence-corrected chi connectivity index (χ0v) is 10.4. The minimum absolute atomic E-state index is 0.187. The molecule has 2 aromatic rings. The lowest BCUT2D eigenvalue weighted by molar-refractivity contribution is 0.154. The molecule has 0 N–H and O–H groups in total. The van der Waals surface area contributed by atoms with Gasteiger partial charge in [-0.1, -0.05) is 12.1 Å². The Labute approximate surface area is 105 Å². The number of rotatable bonds is 2. The molecular weight excluding hydrogens is 228 g/mol. The van der Waals surface area contributed by atoms with Crippen LogP contribution in [0.2, 0.25) is 0 Å². The van der Waals surface area contributed by atoms with Crippen LogP contribution in [0.1, 0.15) is 18.2 Å². The molecule has 18 heavy (non-hydrogen) atoms. The van der Waals surface area contributed by atoms with Gasteiger partial charge in [-0.3, -0.25) is 0 Å². The van der Waals surface area contributed by atoms with Crippen molar-refractivity contribution in [3.63, 3.8) is 0 Å². The standard InChI is InChI=1S/C14H14N2O2/c1-3-18-14(17)16-12(6-7-15)9-11-5-4-10(2)8-13(11)16/h4-5,8-9H,3,6H2,1-2H3. The molecular formula is C14H14N2O2. The number of nitrogens with zero attached hydrogens (tertiary/aromatic N) is 2. The van der Waals surface area contributed by atoms with E-state index in [0.29, 0.717) is 12.3 Å². The molecule has 0 fully saturated rings. The van der Waals surface area contributed by atoms with Crippen LogP contribution in [0.15, 0.2) is 24.3 Å². The number of aryl methyl sites for hydroxylation is 1. The molecule has 0 aliphatic heterocycles. The Balaban J connectivity index is 2.64. The molecule has 0 bridgehead atoms. The second-order valence-corrected chi connectivity index (χ2v) is 4.07. The van der Waals surface area contributed by atoms with Gasteiger partial charge in [0.15, 0.2) is 0 Å². The molecule has 0 amide bonds. The Morgan fingerprint density at radius 3 is 2.89 bits per heavy atom. The summed E-state index contributed by atoms with van der Waals surface area (Å²) in [6.45, 7) is 4.04. The van der Waals surface area contributed by atoms with E-state index in [-0.39, 0.29) is 6.42 Å². The Hall–Kier alpha value is -2.28. The van der Waals surface area contributed by atoms with Gasteiger partial charge in [-0.2, -0.15) is 5.26 Å². The first-order chi connectivity index (χ1) is 8.67. The molecule has 4 nitrogen and oxygen atoms in total. The molecule has 1 aromatic heterocycles. The maximum absolute atomic E-state index is 12.0. The van der Waals surface area contributed by atoms with Crippen molar-refractivity contribution in [2.75, 3.05) is 6.61 Å². The van der Waals surface area contributed by atoms with Gasteiger partial charge in [0.1, 0.15) is 0 Å². The van der Waals surface area contributed by atoms with E-state index in [0.717, 1.165) is 16.5 Å². The van der Waals surface area contributed by atoms with Crippen LogP contribution in [0.25, 0.3) is 10.9 Å². The Morgan fingerprint density at radius 1 is 1.44 bits per heavy atom. The molecule has 1 aromatic carbocycles. The van der Waals surface area contributed by atoms with Gasteiger partial charge in [-0.15, -0.1) is 0 Å². The summed E-state index contributed by atoms with van der Waals surface area (Å²) in [7, 11) is 0. The van der Waals surface area contributed by atoms with E-state index in [1.165, 1.54) is 4.57 Å². The van der Waals surface area contributed by atoms with E-state index < -0.39 is 6.09 Å². The maximum Gasteiger partial charge on any atom is 0.418 e. The maximum atomic E-state index is 12.0. The smallest absolute Gasteiger partial charge is 0.418 e. The van der Waals surface area contributed by atoms with E-state index in [9.17, 15) is 4.79 Å². The lowest BCUT2D eigenvalue weighted by Crippen LogP contribution is -2.15. The van der Waals surface area contributed by atoms with E-state index in [4.69, 9.17) is 10.00 Å². The summed E-state index contributed by atoms with van der Waals surface area (Å²) in [6.07, 6.45) is -0.240.